The molecule has 0 saturated carbocycles. The van der Waals surface area contributed by atoms with Crippen molar-refractivity contribution < 1.29 is 14.7 Å². The van der Waals surface area contributed by atoms with E-state index in [0.29, 0.717) is 11.3 Å². The minimum absolute atomic E-state index is 0.121. The number of ether oxygens (including phenoxy) is 1. The van der Waals surface area contributed by atoms with Gasteiger partial charge in [-0.3, -0.25) is 4.79 Å². The van der Waals surface area contributed by atoms with Gasteiger partial charge in [0.25, 0.3) is 5.91 Å². The molecule has 21 heavy (non-hydrogen) atoms. The zero-order valence-electron chi connectivity index (χ0n) is 11.6. The van der Waals surface area contributed by atoms with Crippen LogP contribution in [0.25, 0.3) is 0 Å². The highest BCUT2D eigenvalue weighted by molar-refractivity contribution is 5.92. The molecule has 0 heterocycles. The Morgan fingerprint density at radius 1 is 1.29 bits per heavy atom. The smallest absolute Gasteiger partial charge is 0.262 e. The second kappa shape index (κ2) is 7.09. The van der Waals surface area contributed by atoms with Crippen molar-refractivity contribution >= 4 is 17.8 Å². The van der Waals surface area contributed by atoms with Crippen molar-refractivity contribution in [1.29, 1.82) is 0 Å². The van der Waals surface area contributed by atoms with Crippen LogP contribution in [0.1, 0.15) is 11.1 Å². The molecule has 0 bridgehead atoms. The summed E-state index contributed by atoms with van der Waals surface area (Å²) in [6.07, 6.45) is 1.26. The summed E-state index contributed by atoms with van der Waals surface area (Å²) in [6.45, 7) is 1.83. The molecule has 1 amide bonds. The number of nitrogens with zero attached hydrogens (tertiary/aromatic N) is 1. The predicted molar refractivity (Wildman–Crippen MR) is 81.1 cm³/mol. The van der Waals surface area contributed by atoms with E-state index in [1.807, 2.05) is 31.2 Å². The Labute approximate surface area is 122 Å². The van der Waals surface area contributed by atoms with Crippen LogP contribution in [0.5, 0.6) is 5.75 Å². The van der Waals surface area contributed by atoms with Gasteiger partial charge in [-0.05, 0) is 36.8 Å². The van der Waals surface area contributed by atoms with Crippen molar-refractivity contribution in [2.24, 2.45) is 5.16 Å². The predicted octanol–water partition coefficient (Wildman–Crippen LogP) is 2.82. The summed E-state index contributed by atoms with van der Waals surface area (Å²) in [5.74, 6) is 0.228. The molecule has 0 radical (unpaired) electrons. The highest BCUT2D eigenvalue weighted by Crippen LogP contribution is 2.16. The first-order chi connectivity index (χ1) is 10.2. The van der Waals surface area contributed by atoms with Gasteiger partial charge in [-0.25, -0.2) is 0 Å². The maximum Gasteiger partial charge on any atom is 0.262 e. The molecular weight excluding hydrogens is 268 g/mol. The molecule has 5 nitrogen and oxygen atoms in total. The fourth-order valence-corrected chi connectivity index (χ4v) is 1.84. The lowest BCUT2D eigenvalue weighted by Crippen LogP contribution is -2.20. The standard InChI is InChI=1S/C16H16N2O3/c1-12-5-4-7-14(9-12)18-16(19)11-21-15-8-3-2-6-13(15)10-17-20/h2-10,20H,11H2,1H3,(H,18,19)/b17-10-. The van der Waals surface area contributed by atoms with Crippen LogP contribution in [0.2, 0.25) is 0 Å². The first-order valence-electron chi connectivity index (χ1n) is 6.45. The number of benzene rings is 2. The summed E-state index contributed by atoms with van der Waals surface area (Å²) in [4.78, 5) is 11.8. The summed E-state index contributed by atoms with van der Waals surface area (Å²) in [5.41, 5.74) is 2.40. The third kappa shape index (κ3) is 4.35. The first kappa shape index (κ1) is 14.6. The second-order valence-electron chi connectivity index (χ2n) is 4.49. The van der Waals surface area contributed by atoms with E-state index in [0.717, 1.165) is 11.3 Å². The van der Waals surface area contributed by atoms with Crippen LogP contribution in [0.15, 0.2) is 53.7 Å². The van der Waals surface area contributed by atoms with Gasteiger partial charge in [0, 0.05) is 11.3 Å². The van der Waals surface area contributed by atoms with Crippen LogP contribution in [-0.2, 0) is 4.79 Å². The minimum Gasteiger partial charge on any atom is -0.483 e. The SMILES string of the molecule is Cc1cccc(NC(=O)COc2ccccc2/C=N\O)c1. The molecule has 5 heteroatoms. The molecule has 0 spiro atoms. The number of nitrogens with one attached hydrogen (secondary N) is 1. The molecule has 2 rings (SSSR count). The summed E-state index contributed by atoms with van der Waals surface area (Å²) < 4.78 is 5.44. The van der Waals surface area contributed by atoms with E-state index in [2.05, 4.69) is 10.5 Å². The van der Waals surface area contributed by atoms with Crippen molar-refractivity contribution in [2.45, 2.75) is 6.92 Å². The monoisotopic (exact) mass is 284 g/mol. The largest absolute Gasteiger partial charge is 0.483 e. The highest BCUT2D eigenvalue weighted by Gasteiger charge is 2.06. The minimum atomic E-state index is -0.253. The number of carbonyl (C=O) groups is 1. The maximum atomic E-state index is 11.8. The van der Waals surface area contributed by atoms with E-state index in [4.69, 9.17) is 9.94 Å². The van der Waals surface area contributed by atoms with E-state index in [1.165, 1.54) is 6.21 Å². The highest BCUT2D eigenvalue weighted by atomic mass is 16.5. The summed E-state index contributed by atoms with van der Waals surface area (Å²) in [7, 11) is 0. The van der Waals surface area contributed by atoms with Crippen molar-refractivity contribution in [3.05, 3.63) is 59.7 Å². The van der Waals surface area contributed by atoms with E-state index in [-0.39, 0.29) is 12.5 Å². The molecule has 2 aromatic carbocycles. The molecule has 0 saturated heterocycles. The van der Waals surface area contributed by atoms with E-state index >= 15 is 0 Å². The molecule has 108 valence electrons. The van der Waals surface area contributed by atoms with Gasteiger partial charge in [-0.1, -0.05) is 29.4 Å². The van der Waals surface area contributed by atoms with Gasteiger partial charge in [0.1, 0.15) is 5.75 Å². The van der Waals surface area contributed by atoms with Crippen LogP contribution >= 0.6 is 0 Å². The molecule has 0 fully saturated rings. The van der Waals surface area contributed by atoms with Crippen LogP contribution in [0, 0.1) is 6.92 Å². The molecule has 0 aromatic heterocycles. The Morgan fingerprint density at radius 2 is 2.10 bits per heavy atom. The van der Waals surface area contributed by atoms with Gasteiger partial charge < -0.3 is 15.3 Å². The van der Waals surface area contributed by atoms with Crippen LogP contribution in [-0.4, -0.2) is 23.9 Å². The Morgan fingerprint density at radius 3 is 2.86 bits per heavy atom. The quantitative estimate of drug-likeness (QED) is 0.504. The van der Waals surface area contributed by atoms with Crippen molar-refractivity contribution in [3.8, 4) is 5.75 Å². The summed E-state index contributed by atoms with van der Waals surface area (Å²) >= 11 is 0. The number of rotatable bonds is 5. The van der Waals surface area contributed by atoms with Gasteiger partial charge in [0.05, 0.1) is 6.21 Å². The van der Waals surface area contributed by atoms with E-state index in [1.54, 1.807) is 24.3 Å². The van der Waals surface area contributed by atoms with Crippen LogP contribution < -0.4 is 10.1 Å². The van der Waals surface area contributed by atoms with Crippen LogP contribution in [0.3, 0.4) is 0 Å². The second-order valence-corrected chi connectivity index (χ2v) is 4.49. The average Bonchev–Trinajstić information content (AvgIpc) is 2.47. The van der Waals surface area contributed by atoms with Crippen LogP contribution in [0.4, 0.5) is 5.69 Å². The number of carbonyl (C=O) groups excluding carboxylic acids is 1. The zero-order valence-corrected chi connectivity index (χ0v) is 11.6. The Balaban J connectivity index is 1.95. The topological polar surface area (TPSA) is 70.9 Å². The number of oxime groups is 1. The Kier molecular flexibility index (Phi) is 4.93. The van der Waals surface area contributed by atoms with Crippen molar-refractivity contribution in [2.75, 3.05) is 11.9 Å². The van der Waals surface area contributed by atoms with Gasteiger partial charge in [-0.15, -0.1) is 0 Å². The number of amides is 1. The fourth-order valence-electron chi connectivity index (χ4n) is 1.84. The van der Waals surface area contributed by atoms with Gasteiger partial charge in [-0.2, -0.15) is 0 Å². The number of hydrogen-bond donors (Lipinski definition) is 2. The lowest BCUT2D eigenvalue weighted by atomic mass is 10.2. The molecule has 0 aliphatic rings. The third-order valence-electron chi connectivity index (χ3n) is 2.78. The lowest BCUT2D eigenvalue weighted by Gasteiger charge is -2.09. The normalized spacial score (nSPS) is 10.5. The van der Waals surface area contributed by atoms with Gasteiger partial charge >= 0.3 is 0 Å². The summed E-state index contributed by atoms with van der Waals surface area (Å²) in [5, 5.41) is 14.3. The fraction of sp³-hybridized carbons (Fsp3) is 0.125. The summed E-state index contributed by atoms with van der Waals surface area (Å²) in [6, 6.07) is 14.5. The number of anilines is 1. The van der Waals surface area contributed by atoms with E-state index < -0.39 is 0 Å². The Bertz CT molecular complexity index is 653. The molecule has 2 aromatic rings. The molecule has 0 unspecified atom stereocenters. The zero-order chi connectivity index (χ0) is 15.1. The molecule has 0 aliphatic heterocycles. The van der Waals surface area contributed by atoms with Gasteiger partial charge in [0.15, 0.2) is 6.61 Å². The third-order valence-corrected chi connectivity index (χ3v) is 2.78. The molecule has 0 atom stereocenters. The lowest BCUT2D eigenvalue weighted by molar-refractivity contribution is -0.118. The number of para-hydroxylation sites is 1. The van der Waals surface area contributed by atoms with Gasteiger partial charge in [0.2, 0.25) is 0 Å². The first-order valence-corrected chi connectivity index (χ1v) is 6.45. The maximum absolute atomic E-state index is 11.8. The molecule has 2 N–H and O–H groups in total. The van der Waals surface area contributed by atoms with E-state index in [9.17, 15) is 4.79 Å². The number of aryl methyl sites for hydroxylation is 1. The molecular formula is C16H16N2O3. The van der Waals surface area contributed by atoms with Crippen molar-refractivity contribution in [3.63, 3.8) is 0 Å². The van der Waals surface area contributed by atoms with Crippen molar-refractivity contribution in [1.82, 2.24) is 0 Å². The Hall–Kier alpha value is -2.82. The molecule has 0 aliphatic carbocycles. The number of hydrogen-bond acceptors (Lipinski definition) is 4. The average molecular weight is 284 g/mol.